The van der Waals surface area contributed by atoms with Crippen LogP contribution in [0.2, 0.25) is 5.02 Å². The summed E-state index contributed by atoms with van der Waals surface area (Å²) in [5.74, 6) is 1.03. The van der Waals surface area contributed by atoms with Crippen molar-refractivity contribution in [2.45, 2.75) is 0 Å². The highest BCUT2D eigenvalue weighted by Crippen LogP contribution is 2.34. The lowest BCUT2D eigenvalue weighted by atomic mass is 10.0. The highest BCUT2D eigenvalue weighted by atomic mass is 35.5. The van der Waals surface area contributed by atoms with Crippen molar-refractivity contribution in [2.75, 3.05) is 14.2 Å². The van der Waals surface area contributed by atoms with Gasteiger partial charge in [-0.25, -0.2) is 0 Å². The minimum absolute atomic E-state index is 0.404. The average Bonchev–Trinajstić information content (AvgIpc) is 2.59. The second-order valence-corrected chi connectivity index (χ2v) is 5.00. The van der Waals surface area contributed by atoms with Gasteiger partial charge in [-0.1, -0.05) is 23.7 Å². The number of rotatable bonds is 4. The smallest absolute Gasteiger partial charge is 0.141 e. The quantitative estimate of drug-likeness (QED) is 0.621. The summed E-state index contributed by atoms with van der Waals surface area (Å²) >= 11 is 6.14. The normalized spacial score (nSPS) is 10.6. The molecule has 2 aromatic carbocycles. The maximum absolute atomic E-state index is 9.44. The van der Waals surface area contributed by atoms with Crippen LogP contribution in [0.1, 0.15) is 16.7 Å². The first-order valence-corrected chi connectivity index (χ1v) is 7.04. The van der Waals surface area contributed by atoms with Gasteiger partial charge in [-0.2, -0.15) is 10.5 Å². The first kappa shape index (κ1) is 16.4. The molecule has 0 amide bonds. The molecule has 0 aliphatic rings. The van der Waals surface area contributed by atoms with Gasteiger partial charge in [0.15, 0.2) is 0 Å². The van der Waals surface area contributed by atoms with Gasteiger partial charge in [0.05, 0.1) is 42.5 Å². The van der Waals surface area contributed by atoms with Gasteiger partial charge in [0.25, 0.3) is 0 Å². The Morgan fingerprint density at radius 1 is 1.09 bits per heavy atom. The van der Waals surface area contributed by atoms with E-state index in [0.717, 1.165) is 0 Å². The molecule has 0 spiro atoms. The Balaban J connectivity index is 2.56. The van der Waals surface area contributed by atoms with E-state index in [0.29, 0.717) is 38.8 Å². The summed E-state index contributed by atoms with van der Waals surface area (Å²) in [5, 5.41) is 18.8. The Hall–Kier alpha value is -2.95. The lowest BCUT2D eigenvalue weighted by Gasteiger charge is -2.10. The fourth-order valence-corrected chi connectivity index (χ4v) is 2.34. The van der Waals surface area contributed by atoms with E-state index < -0.39 is 0 Å². The molecule has 0 unspecified atom stereocenters. The molecule has 0 atom stereocenters. The Morgan fingerprint density at radius 2 is 1.83 bits per heavy atom. The summed E-state index contributed by atoms with van der Waals surface area (Å²) in [4.78, 5) is 0. The number of hydrogen-bond acceptors (Lipinski definition) is 4. The van der Waals surface area contributed by atoms with Crippen LogP contribution in [0.5, 0.6) is 11.5 Å². The molecular formula is C18H13ClN2O2. The highest BCUT2D eigenvalue weighted by molar-refractivity contribution is 6.32. The lowest BCUT2D eigenvalue weighted by Crippen LogP contribution is -1.92. The van der Waals surface area contributed by atoms with E-state index in [1.165, 1.54) is 14.2 Å². The minimum Gasteiger partial charge on any atom is -0.496 e. The van der Waals surface area contributed by atoms with Crippen molar-refractivity contribution in [3.8, 4) is 23.6 Å². The number of benzene rings is 2. The minimum atomic E-state index is 0.404. The molecular weight excluding hydrogens is 312 g/mol. The van der Waals surface area contributed by atoms with Gasteiger partial charge in [-0.3, -0.25) is 0 Å². The first-order valence-electron chi connectivity index (χ1n) is 6.66. The van der Waals surface area contributed by atoms with Crippen molar-refractivity contribution in [1.29, 1.82) is 10.5 Å². The molecule has 0 aliphatic carbocycles. The number of nitrogens with zero attached hydrogens (tertiary/aromatic N) is 2. The molecule has 2 rings (SSSR count). The van der Waals surface area contributed by atoms with Crippen LogP contribution >= 0.6 is 11.6 Å². The predicted molar refractivity (Wildman–Crippen MR) is 89.2 cm³/mol. The molecule has 114 valence electrons. The lowest BCUT2D eigenvalue weighted by molar-refractivity contribution is 0.394. The molecule has 0 fully saturated rings. The van der Waals surface area contributed by atoms with Crippen LogP contribution in [-0.2, 0) is 0 Å². The van der Waals surface area contributed by atoms with Crippen LogP contribution in [-0.4, -0.2) is 14.2 Å². The number of ether oxygens (including phenoxy) is 2. The Morgan fingerprint density at radius 3 is 2.43 bits per heavy atom. The molecule has 4 nitrogen and oxygen atoms in total. The molecule has 0 saturated heterocycles. The summed E-state index contributed by atoms with van der Waals surface area (Å²) in [7, 11) is 3.05. The molecule has 0 radical (unpaired) electrons. The maximum atomic E-state index is 9.44. The molecule has 0 N–H and O–H groups in total. The SMILES string of the molecule is COc1cc(OC)c(/C=C(/C#N)c2cccc(C#N)c2)cc1Cl. The fourth-order valence-electron chi connectivity index (χ4n) is 2.09. The largest absolute Gasteiger partial charge is 0.496 e. The van der Waals surface area contributed by atoms with Gasteiger partial charge in [-0.15, -0.1) is 0 Å². The number of hydrogen-bond donors (Lipinski definition) is 0. The van der Waals surface area contributed by atoms with E-state index in [1.807, 2.05) is 0 Å². The van der Waals surface area contributed by atoms with E-state index in [-0.39, 0.29) is 0 Å². The number of halogens is 1. The zero-order valence-corrected chi connectivity index (χ0v) is 13.4. The molecule has 0 aromatic heterocycles. The van der Waals surface area contributed by atoms with Crippen molar-refractivity contribution in [1.82, 2.24) is 0 Å². The maximum Gasteiger partial charge on any atom is 0.141 e. The molecule has 0 heterocycles. The monoisotopic (exact) mass is 324 g/mol. The van der Waals surface area contributed by atoms with E-state index in [1.54, 1.807) is 42.5 Å². The fraction of sp³-hybridized carbons (Fsp3) is 0.111. The van der Waals surface area contributed by atoms with Crippen LogP contribution in [0, 0.1) is 22.7 Å². The first-order chi connectivity index (χ1) is 11.1. The third-order valence-electron chi connectivity index (χ3n) is 3.23. The topological polar surface area (TPSA) is 66.0 Å². The molecule has 0 aliphatic heterocycles. The van der Waals surface area contributed by atoms with Crippen molar-refractivity contribution in [3.63, 3.8) is 0 Å². The Kier molecular flexibility index (Phi) is 5.25. The third-order valence-corrected chi connectivity index (χ3v) is 3.52. The van der Waals surface area contributed by atoms with Crippen molar-refractivity contribution >= 4 is 23.3 Å². The summed E-state index contributed by atoms with van der Waals surface area (Å²) in [5.41, 5.74) is 2.20. The molecule has 0 bridgehead atoms. The van der Waals surface area contributed by atoms with Crippen molar-refractivity contribution < 1.29 is 9.47 Å². The Bertz CT molecular complexity index is 845. The van der Waals surface area contributed by atoms with Crippen LogP contribution in [0.4, 0.5) is 0 Å². The van der Waals surface area contributed by atoms with Gasteiger partial charge in [0.2, 0.25) is 0 Å². The van der Waals surface area contributed by atoms with Gasteiger partial charge in [0, 0.05) is 11.6 Å². The average molecular weight is 325 g/mol. The summed E-state index contributed by atoms with van der Waals surface area (Å²) in [6, 6.07) is 14.4. The standard InChI is InChI=1S/C18H13ClN2O2/c1-22-17-9-18(23-2)16(19)8-14(17)7-15(11-21)13-5-3-4-12(6-13)10-20/h3-9H,1-2H3/b15-7-. The van der Waals surface area contributed by atoms with Gasteiger partial charge in [-0.05, 0) is 29.8 Å². The van der Waals surface area contributed by atoms with E-state index in [9.17, 15) is 5.26 Å². The molecule has 0 saturated carbocycles. The Labute approximate surface area is 139 Å². The van der Waals surface area contributed by atoms with E-state index in [4.69, 9.17) is 26.3 Å². The molecule has 23 heavy (non-hydrogen) atoms. The molecule has 5 heteroatoms. The predicted octanol–water partition coefficient (Wildman–Crippen LogP) is 4.29. The van der Waals surface area contributed by atoms with Gasteiger partial charge >= 0.3 is 0 Å². The second-order valence-electron chi connectivity index (χ2n) is 4.59. The van der Waals surface area contributed by atoms with Crippen LogP contribution < -0.4 is 9.47 Å². The summed E-state index contributed by atoms with van der Waals surface area (Å²) < 4.78 is 10.5. The van der Waals surface area contributed by atoms with Crippen LogP contribution in [0.25, 0.3) is 11.6 Å². The zero-order valence-electron chi connectivity index (χ0n) is 12.6. The summed E-state index contributed by atoms with van der Waals surface area (Å²) in [6.07, 6.45) is 1.67. The molecule has 2 aromatic rings. The van der Waals surface area contributed by atoms with E-state index >= 15 is 0 Å². The van der Waals surface area contributed by atoms with Crippen LogP contribution in [0.15, 0.2) is 36.4 Å². The van der Waals surface area contributed by atoms with Crippen molar-refractivity contribution in [2.24, 2.45) is 0 Å². The van der Waals surface area contributed by atoms with Crippen LogP contribution in [0.3, 0.4) is 0 Å². The van der Waals surface area contributed by atoms with Crippen molar-refractivity contribution in [3.05, 3.63) is 58.1 Å². The summed E-state index contributed by atoms with van der Waals surface area (Å²) in [6.45, 7) is 0. The van der Waals surface area contributed by atoms with Gasteiger partial charge < -0.3 is 9.47 Å². The number of allylic oxidation sites excluding steroid dienone is 1. The second kappa shape index (κ2) is 7.35. The van der Waals surface area contributed by atoms with E-state index in [2.05, 4.69) is 12.1 Å². The number of methoxy groups -OCH3 is 2. The zero-order chi connectivity index (χ0) is 16.8. The third kappa shape index (κ3) is 3.63. The number of nitriles is 2. The highest BCUT2D eigenvalue weighted by Gasteiger charge is 2.10. The van der Waals surface area contributed by atoms with Gasteiger partial charge in [0.1, 0.15) is 11.5 Å².